The first-order chi connectivity index (χ1) is 12.5. The zero-order valence-corrected chi connectivity index (χ0v) is 15.6. The maximum Gasteiger partial charge on any atom is 0.225 e. The molecule has 1 N–H and O–H groups in total. The third kappa shape index (κ3) is 3.69. The number of nitrogens with zero attached hydrogens (tertiary/aromatic N) is 1. The number of fused-ring (bicyclic) bond motifs is 1. The minimum atomic E-state index is -0.253. The Bertz CT molecular complexity index is 798. The van der Waals surface area contributed by atoms with E-state index in [2.05, 4.69) is 5.32 Å². The lowest BCUT2D eigenvalue weighted by molar-refractivity contribution is -0.135. The first kappa shape index (κ1) is 18.3. The number of amides is 2. The van der Waals surface area contributed by atoms with Crippen molar-refractivity contribution in [2.24, 2.45) is 5.92 Å². The number of ether oxygens (including phenoxy) is 1. The number of piperidine rings is 1. The molecule has 2 heterocycles. The standard InChI is InChI=1S/C20H26N2O4/c1-4-18(23)22-10-6-8-15(12-22)20(24)21-13(2)17-11-14-7-5-9-16(25-3)19(14)26-17/h5,7,9,11,13,15H,4,6,8,10,12H2,1-3H3,(H,21,24). The molecule has 26 heavy (non-hydrogen) atoms. The Labute approximate surface area is 153 Å². The van der Waals surface area contributed by atoms with Crippen molar-refractivity contribution in [1.82, 2.24) is 10.2 Å². The average Bonchev–Trinajstić information content (AvgIpc) is 3.11. The summed E-state index contributed by atoms with van der Waals surface area (Å²) in [5.74, 6) is 1.28. The van der Waals surface area contributed by atoms with Crippen LogP contribution in [0.2, 0.25) is 0 Å². The third-order valence-electron chi connectivity index (χ3n) is 4.98. The SMILES string of the molecule is CCC(=O)N1CCCC(C(=O)NC(C)c2cc3cccc(OC)c3o2)C1. The highest BCUT2D eigenvalue weighted by Gasteiger charge is 2.29. The number of para-hydroxylation sites is 1. The zero-order chi connectivity index (χ0) is 18.7. The molecular weight excluding hydrogens is 332 g/mol. The molecule has 2 aromatic rings. The van der Waals surface area contributed by atoms with Crippen molar-refractivity contribution < 1.29 is 18.7 Å². The Balaban J connectivity index is 1.68. The van der Waals surface area contributed by atoms with Crippen LogP contribution < -0.4 is 10.1 Å². The van der Waals surface area contributed by atoms with Gasteiger partial charge in [-0.2, -0.15) is 0 Å². The normalized spacial score (nSPS) is 18.6. The van der Waals surface area contributed by atoms with Gasteiger partial charge in [0.25, 0.3) is 0 Å². The smallest absolute Gasteiger partial charge is 0.225 e. The highest BCUT2D eigenvalue weighted by Crippen LogP contribution is 2.31. The summed E-state index contributed by atoms with van der Waals surface area (Å²) in [6.45, 7) is 5.00. The fourth-order valence-corrected chi connectivity index (χ4v) is 3.47. The molecule has 0 spiro atoms. The van der Waals surface area contributed by atoms with Crippen molar-refractivity contribution in [3.63, 3.8) is 0 Å². The Morgan fingerprint density at radius 3 is 2.96 bits per heavy atom. The van der Waals surface area contributed by atoms with Gasteiger partial charge in [0.15, 0.2) is 11.3 Å². The van der Waals surface area contributed by atoms with Gasteiger partial charge in [-0.25, -0.2) is 0 Å². The molecule has 1 aromatic carbocycles. The van der Waals surface area contributed by atoms with Crippen molar-refractivity contribution in [3.8, 4) is 5.75 Å². The van der Waals surface area contributed by atoms with Crippen molar-refractivity contribution in [2.45, 2.75) is 39.2 Å². The summed E-state index contributed by atoms with van der Waals surface area (Å²) in [5.41, 5.74) is 0.684. The van der Waals surface area contributed by atoms with Crippen LogP contribution in [0, 0.1) is 5.92 Å². The van der Waals surface area contributed by atoms with Crippen LogP contribution in [0.15, 0.2) is 28.7 Å². The number of hydrogen-bond acceptors (Lipinski definition) is 4. The Kier molecular flexibility index (Phi) is 5.49. The highest BCUT2D eigenvalue weighted by atomic mass is 16.5. The lowest BCUT2D eigenvalue weighted by atomic mass is 9.96. The summed E-state index contributed by atoms with van der Waals surface area (Å²) in [7, 11) is 1.61. The molecule has 1 aliphatic rings. The number of carbonyl (C=O) groups is 2. The van der Waals surface area contributed by atoms with Gasteiger partial charge < -0.3 is 19.4 Å². The van der Waals surface area contributed by atoms with E-state index in [-0.39, 0.29) is 23.8 Å². The molecule has 2 unspecified atom stereocenters. The van der Waals surface area contributed by atoms with Gasteiger partial charge in [-0.15, -0.1) is 0 Å². The highest BCUT2D eigenvalue weighted by molar-refractivity contribution is 5.84. The largest absolute Gasteiger partial charge is 0.493 e. The fourth-order valence-electron chi connectivity index (χ4n) is 3.47. The minimum absolute atomic E-state index is 0.0291. The number of likely N-dealkylation sites (tertiary alicyclic amines) is 1. The number of methoxy groups -OCH3 is 1. The van der Waals surface area contributed by atoms with E-state index in [1.807, 2.05) is 38.1 Å². The van der Waals surface area contributed by atoms with E-state index < -0.39 is 0 Å². The number of furan rings is 1. The molecule has 1 aliphatic heterocycles. The van der Waals surface area contributed by atoms with Crippen LogP contribution >= 0.6 is 0 Å². The summed E-state index contributed by atoms with van der Waals surface area (Å²) in [6.07, 6.45) is 2.14. The maximum atomic E-state index is 12.7. The average molecular weight is 358 g/mol. The second-order valence-electron chi connectivity index (χ2n) is 6.79. The van der Waals surface area contributed by atoms with E-state index in [1.54, 1.807) is 12.0 Å². The predicted octanol–water partition coefficient (Wildman–Crippen LogP) is 3.27. The van der Waals surface area contributed by atoms with Gasteiger partial charge in [-0.3, -0.25) is 9.59 Å². The van der Waals surface area contributed by atoms with Crippen molar-refractivity contribution >= 4 is 22.8 Å². The van der Waals surface area contributed by atoms with E-state index in [0.29, 0.717) is 30.1 Å². The van der Waals surface area contributed by atoms with Crippen LogP contribution in [0.1, 0.15) is 44.9 Å². The van der Waals surface area contributed by atoms with E-state index in [4.69, 9.17) is 9.15 Å². The van der Waals surface area contributed by atoms with Gasteiger partial charge in [0.05, 0.1) is 19.1 Å². The number of carbonyl (C=O) groups excluding carboxylic acids is 2. The van der Waals surface area contributed by atoms with Gasteiger partial charge >= 0.3 is 0 Å². The first-order valence-corrected chi connectivity index (χ1v) is 9.18. The minimum Gasteiger partial charge on any atom is -0.493 e. The molecule has 3 rings (SSSR count). The molecule has 1 saturated heterocycles. The zero-order valence-electron chi connectivity index (χ0n) is 15.6. The quantitative estimate of drug-likeness (QED) is 0.890. The second-order valence-corrected chi connectivity index (χ2v) is 6.79. The molecule has 2 amide bonds. The summed E-state index contributed by atoms with van der Waals surface area (Å²) in [5, 5.41) is 3.97. The van der Waals surface area contributed by atoms with Crippen molar-refractivity contribution in [3.05, 3.63) is 30.0 Å². The monoisotopic (exact) mass is 358 g/mol. The van der Waals surface area contributed by atoms with Crippen LogP contribution in [0.3, 0.4) is 0 Å². The Morgan fingerprint density at radius 1 is 1.42 bits per heavy atom. The molecule has 2 atom stereocenters. The molecule has 1 fully saturated rings. The molecule has 0 aliphatic carbocycles. The Morgan fingerprint density at radius 2 is 2.23 bits per heavy atom. The van der Waals surface area contributed by atoms with Gasteiger partial charge in [-0.05, 0) is 31.9 Å². The number of hydrogen-bond donors (Lipinski definition) is 1. The van der Waals surface area contributed by atoms with E-state index in [9.17, 15) is 9.59 Å². The van der Waals surface area contributed by atoms with Crippen LogP contribution in [0.5, 0.6) is 5.75 Å². The second kappa shape index (κ2) is 7.81. The van der Waals surface area contributed by atoms with Crippen LogP contribution in [-0.2, 0) is 9.59 Å². The predicted molar refractivity (Wildman–Crippen MR) is 98.9 cm³/mol. The van der Waals surface area contributed by atoms with Gasteiger partial charge in [0.2, 0.25) is 11.8 Å². The van der Waals surface area contributed by atoms with Gasteiger partial charge in [0.1, 0.15) is 5.76 Å². The molecule has 0 radical (unpaired) electrons. The van der Waals surface area contributed by atoms with Crippen LogP contribution in [0.4, 0.5) is 0 Å². The third-order valence-corrected chi connectivity index (χ3v) is 4.98. The lowest BCUT2D eigenvalue weighted by Crippen LogP contribution is -2.45. The number of benzene rings is 1. The fraction of sp³-hybridized carbons (Fsp3) is 0.500. The molecule has 0 bridgehead atoms. The summed E-state index contributed by atoms with van der Waals surface area (Å²) < 4.78 is 11.2. The van der Waals surface area contributed by atoms with Crippen molar-refractivity contribution in [2.75, 3.05) is 20.2 Å². The van der Waals surface area contributed by atoms with E-state index in [0.717, 1.165) is 24.8 Å². The first-order valence-electron chi connectivity index (χ1n) is 9.18. The summed E-state index contributed by atoms with van der Waals surface area (Å²) >= 11 is 0. The molecule has 1 aromatic heterocycles. The summed E-state index contributed by atoms with van der Waals surface area (Å²) in [6, 6.07) is 7.38. The van der Waals surface area contributed by atoms with E-state index >= 15 is 0 Å². The van der Waals surface area contributed by atoms with Crippen LogP contribution in [0.25, 0.3) is 11.0 Å². The van der Waals surface area contributed by atoms with Crippen LogP contribution in [-0.4, -0.2) is 36.9 Å². The molecule has 6 nitrogen and oxygen atoms in total. The number of nitrogens with one attached hydrogen (secondary N) is 1. The molecule has 6 heteroatoms. The van der Waals surface area contributed by atoms with E-state index in [1.165, 1.54) is 0 Å². The van der Waals surface area contributed by atoms with Gasteiger partial charge in [0, 0.05) is 24.9 Å². The number of rotatable bonds is 5. The Hall–Kier alpha value is -2.50. The van der Waals surface area contributed by atoms with Gasteiger partial charge in [-0.1, -0.05) is 19.1 Å². The van der Waals surface area contributed by atoms with Crippen molar-refractivity contribution in [1.29, 1.82) is 0 Å². The summed E-state index contributed by atoms with van der Waals surface area (Å²) in [4.78, 5) is 26.4. The maximum absolute atomic E-state index is 12.7. The molecular formula is C20H26N2O4. The topological polar surface area (TPSA) is 71.8 Å². The molecule has 0 saturated carbocycles. The molecule has 140 valence electrons. The lowest BCUT2D eigenvalue weighted by Gasteiger charge is -2.32.